The Balaban J connectivity index is 1.89. The molecule has 20 heavy (non-hydrogen) atoms. The molecule has 1 amide bonds. The van der Waals surface area contributed by atoms with Crippen molar-refractivity contribution in [3.05, 3.63) is 35.9 Å². The number of carbonyl (C=O) groups excluding carboxylic acids is 1. The van der Waals surface area contributed by atoms with E-state index in [1.54, 1.807) is 11.8 Å². The van der Waals surface area contributed by atoms with Crippen molar-refractivity contribution in [2.24, 2.45) is 5.73 Å². The average molecular weight is 278 g/mol. The SMILES string of the molecule is CC1(OCC(=O)O)CN(C(=O)[C@@H](N)c2ccccc2)C1. The van der Waals surface area contributed by atoms with Gasteiger partial charge in [-0.15, -0.1) is 0 Å². The largest absolute Gasteiger partial charge is 0.480 e. The van der Waals surface area contributed by atoms with E-state index in [0.29, 0.717) is 13.1 Å². The molecule has 6 heteroatoms. The molecule has 0 saturated carbocycles. The molecule has 1 atom stereocenters. The molecule has 0 bridgehead atoms. The van der Waals surface area contributed by atoms with E-state index < -0.39 is 17.6 Å². The molecular weight excluding hydrogens is 260 g/mol. The van der Waals surface area contributed by atoms with Crippen LogP contribution in [0.3, 0.4) is 0 Å². The summed E-state index contributed by atoms with van der Waals surface area (Å²) >= 11 is 0. The minimum atomic E-state index is -1.02. The molecule has 0 radical (unpaired) electrons. The lowest BCUT2D eigenvalue weighted by Crippen LogP contribution is -2.64. The van der Waals surface area contributed by atoms with Crippen molar-refractivity contribution >= 4 is 11.9 Å². The standard InChI is InChI=1S/C14H18N2O4/c1-14(20-7-11(17)18)8-16(9-14)13(19)12(15)10-5-3-2-4-6-10/h2-6,12H,7-9,15H2,1H3,(H,17,18)/t12-/m0/s1. The highest BCUT2D eigenvalue weighted by atomic mass is 16.5. The number of amides is 1. The van der Waals surface area contributed by atoms with Crippen molar-refractivity contribution in [3.8, 4) is 0 Å². The second-order valence-electron chi connectivity index (χ2n) is 5.21. The van der Waals surface area contributed by atoms with E-state index in [0.717, 1.165) is 5.56 Å². The van der Waals surface area contributed by atoms with E-state index in [4.69, 9.17) is 15.6 Å². The summed E-state index contributed by atoms with van der Waals surface area (Å²) in [5, 5.41) is 8.58. The fourth-order valence-corrected chi connectivity index (χ4v) is 2.24. The van der Waals surface area contributed by atoms with Gasteiger partial charge in [-0.1, -0.05) is 30.3 Å². The van der Waals surface area contributed by atoms with E-state index in [2.05, 4.69) is 0 Å². The minimum absolute atomic E-state index is 0.174. The van der Waals surface area contributed by atoms with Crippen molar-refractivity contribution in [2.75, 3.05) is 19.7 Å². The van der Waals surface area contributed by atoms with E-state index in [1.807, 2.05) is 30.3 Å². The summed E-state index contributed by atoms with van der Waals surface area (Å²) in [6, 6.07) is 8.45. The zero-order chi connectivity index (χ0) is 14.8. The Morgan fingerprint density at radius 2 is 2.00 bits per heavy atom. The van der Waals surface area contributed by atoms with Crippen LogP contribution in [-0.4, -0.2) is 47.2 Å². The van der Waals surface area contributed by atoms with Crippen LogP contribution in [0.5, 0.6) is 0 Å². The van der Waals surface area contributed by atoms with Gasteiger partial charge in [0, 0.05) is 0 Å². The van der Waals surface area contributed by atoms with Gasteiger partial charge in [-0.25, -0.2) is 4.79 Å². The fourth-order valence-electron chi connectivity index (χ4n) is 2.24. The second kappa shape index (κ2) is 5.60. The number of hydrogen-bond donors (Lipinski definition) is 2. The molecule has 1 saturated heterocycles. The fraction of sp³-hybridized carbons (Fsp3) is 0.429. The summed E-state index contributed by atoms with van der Waals surface area (Å²) < 4.78 is 5.26. The summed E-state index contributed by atoms with van der Waals surface area (Å²) in [5.74, 6) is -1.19. The van der Waals surface area contributed by atoms with Crippen LogP contribution in [0, 0.1) is 0 Å². The average Bonchev–Trinajstić information content (AvgIpc) is 2.41. The highest BCUT2D eigenvalue weighted by Gasteiger charge is 2.44. The lowest BCUT2D eigenvalue weighted by molar-refractivity contribution is -0.174. The first-order valence-corrected chi connectivity index (χ1v) is 6.36. The first kappa shape index (κ1) is 14.5. The zero-order valence-electron chi connectivity index (χ0n) is 11.3. The Hall–Kier alpha value is -1.92. The summed E-state index contributed by atoms with van der Waals surface area (Å²) in [7, 11) is 0. The Morgan fingerprint density at radius 1 is 1.40 bits per heavy atom. The smallest absolute Gasteiger partial charge is 0.329 e. The van der Waals surface area contributed by atoms with Gasteiger partial charge in [0.15, 0.2) is 0 Å². The van der Waals surface area contributed by atoms with Gasteiger partial charge in [-0.2, -0.15) is 0 Å². The summed E-state index contributed by atoms with van der Waals surface area (Å²) in [4.78, 5) is 24.2. The van der Waals surface area contributed by atoms with Gasteiger partial charge in [-0.3, -0.25) is 4.79 Å². The maximum absolute atomic E-state index is 12.2. The number of rotatable bonds is 5. The van der Waals surface area contributed by atoms with E-state index in [-0.39, 0.29) is 12.5 Å². The van der Waals surface area contributed by atoms with Crippen LogP contribution in [0.15, 0.2) is 30.3 Å². The number of nitrogens with two attached hydrogens (primary N) is 1. The molecule has 1 aliphatic heterocycles. The molecule has 1 fully saturated rings. The molecule has 1 aliphatic rings. The Kier molecular flexibility index (Phi) is 4.06. The molecular formula is C14H18N2O4. The number of likely N-dealkylation sites (tertiary alicyclic amines) is 1. The molecule has 6 nitrogen and oxygen atoms in total. The Bertz CT molecular complexity index is 497. The summed E-state index contributed by atoms with van der Waals surface area (Å²) in [5.41, 5.74) is 6.10. The molecule has 1 aromatic rings. The first-order chi connectivity index (χ1) is 9.41. The molecule has 0 unspecified atom stereocenters. The molecule has 0 spiro atoms. The summed E-state index contributed by atoms with van der Waals surface area (Å²) in [6.07, 6.45) is 0. The van der Waals surface area contributed by atoms with Gasteiger partial charge >= 0.3 is 5.97 Å². The number of carbonyl (C=O) groups is 2. The van der Waals surface area contributed by atoms with Crippen LogP contribution in [0.1, 0.15) is 18.5 Å². The van der Waals surface area contributed by atoms with Crippen molar-refractivity contribution in [1.29, 1.82) is 0 Å². The van der Waals surface area contributed by atoms with Gasteiger partial charge in [0.05, 0.1) is 13.1 Å². The van der Waals surface area contributed by atoms with Crippen LogP contribution >= 0.6 is 0 Å². The van der Waals surface area contributed by atoms with Gasteiger partial charge < -0.3 is 20.5 Å². The monoisotopic (exact) mass is 278 g/mol. The summed E-state index contributed by atoms with van der Waals surface area (Å²) in [6.45, 7) is 2.15. The molecule has 3 N–H and O–H groups in total. The second-order valence-corrected chi connectivity index (χ2v) is 5.21. The molecule has 0 aliphatic carbocycles. The van der Waals surface area contributed by atoms with Gasteiger partial charge in [-0.05, 0) is 12.5 Å². The minimum Gasteiger partial charge on any atom is -0.480 e. The maximum Gasteiger partial charge on any atom is 0.329 e. The van der Waals surface area contributed by atoms with Crippen molar-refractivity contribution < 1.29 is 19.4 Å². The van der Waals surface area contributed by atoms with Crippen LogP contribution in [0.25, 0.3) is 0 Å². The molecule has 2 rings (SSSR count). The molecule has 1 aromatic carbocycles. The van der Waals surface area contributed by atoms with Crippen molar-refractivity contribution in [3.63, 3.8) is 0 Å². The van der Waals surface area contributed by atoms with Crippen LogP contribution in [-0.2, 0) is 14.3 Å². The number of benzene rings is 1. The lowest BCUT2D eigenvalue weighted by Gasteiger charge is -2.48. The first-order valence-electron chi connectivity index (χ1n) is 6.36. The Morgan fingerprint density at radius 3 is 2.55 bits per heavy atom. The van der Waals surface area contributed by atoms with Crippen LogP contribution in [0.4, 0.5) is 0 Å². The van der Waals surface area contributed by atoms with E-state index in [9.17, 15) is 9.59 Å². The number of hydrogen-bond acceptors (Lipinski definition) is 4. The topological polar surface area (TPSA) is 92.9 Å². The van der Waals surface area contributed by atoms with E-state index >= 15 is 0 Å². The van der Waals surface area contributed by atoms with Crippen molar-refractivity contribution in [2.45, 2.75) is 18.6 Å². The van der Waals surface area contributed by atoms with E-state index in [1.165, 1.54) is 0 Å². The Labute approximate surface area is 117 Å². The molecule has 108 valence electrons. The van der Waals surface area contributed by atoms with Gasteiger partial charge in [0.1, 0.15) is 18.2 Å². The number of ether oxygens (including phenoxy) is 1. The van der Waals surface area contributed by atoms with Crippen LogP contribution in [0.2, 0.25) is 0 Å². The number of nitrogens with zero attached hydrogens (tertiary/aromatic N) is 1. The third-order valence-electron chi connectivity index (χ3n) is 3.33. The number of aliphatic carboxylic acids is 1. The van der Waals surface area contributed by atoms with Crippen LogP contribution < -0.4 is 5.73 Å². The number of carboxylic acid groups (broad SMARTS) is 1. The third-order valence-corrected chi connectivity index (χ3v) is 3.33. The van der Waals surface area contributed by atoms with Gasteiger partial charge in [0.2, 0.25) is 5.91 Å². The predicted octanol–water partition coefficient (Wildman–Crippen LogP) is 0.389. The lowest BCUT2D eigenvalue weighted by atomic mass is 9.94. The highest BCUT2D eigenvalue weighted by Crippen LogP contribution is 2.27. The maximum atomic E-state index is 12.2. The quantitative estimate of drug-likeness (QED) is 0.812. The number of carboxylic acids is 1. The van der Waals surface area contributed by atoms with Crippen molar-refractivity contribution in [1.82, 2.24) is 4.90 Å². The zero-order valence-corrected chi connectivity index (χ0v) is 11.3. The highest BCUT2D eigenvalue weighted by molar-refractivity contribution is 5.84. The van der Waals surface area contributed by atoms with Gasteiger partial charge in [0.25, 0.3) is 0 Å². The third kappa shape index (κ3) is 3.15. The molecule has 0 aromatic heterocycles. The normalized spacial score (nSPS) is 18.2. The predicted molar refractivity (Wildman–Crippen MR) is 71.9 cm³/mol. The molecule has 1 heterocycles.